The summed E-state index contributed by atoms with van der Waals surface area (Å²) in [6.45, 7) is 8.16. The van der Waals surface area contributed by atoms with Gasteiger partial charge in [-0.1, -0.05) is 26.0 Å². The minimum Gasteiger partial charge on any atom is -0.334 e. The van der Waals surface area contributed by atoms with Crippen molar-refractivity contribution in [3.8, 4) is 0 Å². The standard InChI is InChI=1S/C19H30N2O3S/c1-14(2)10-17-6-5-9-21(13-17)19(22)20-12-16-8-7-15(3)18(11-16)25(4,23)24/h7-8,11,14,17H,5-6,9-10,12-13H2,1-4H3,(H,20,22). The van der Waals surface area contributed by atoms with Crippen LogP contribution in [0.2, 0.25) is 0 Å². The summed E-state index contributed by atoms with van der Waals surface area (Å²) in [6, 6.07) is 5.25. The molecule has 1 atom stereocenters. The number of sulfone groups is 1. The number of rotatable bonds is 5. The SMILES string of the molecule is Cc1ccc(CNC(=O)N2CCCC(CC(C)C)C2)cc1S(C)(=O)=O. The van der Waals surface area contributed by atoms with E-state index in [0.29, 0.717) is 23.3 Å². The van der Waals surface area contributed by atoms with E-state index in [9.17, 15) is 13.2 Å². The summed E-state index contributed by atoms with van der Waals surface area (Å²) in [5.41, 5.74) is 1.53. The Hall–Kier alpha value is -1.56. The number of likely N-dealkylation sites (tertiary alicyclic amines) is 1. The van der Waals surface area contributed by atoms with Crippen molar-refractivity contribution in [1.82, 2.24) is 10.2 Å². The van der Waals surface area contributed by atoms with Crippen molar-refractivity contribution in [2.45, 2.75) is 51.5 Å². The van der Waals surface area contributed by atoms with Gasteiger partial charge in [-0.2, -0.15) is 0 Å². The molecular weight excluding hydrogens is 336 g/mol. The van der Waals surface area contributed by atoms with Crippen LogP contribution < -0.4 is 5.32 Å². The second kappa shape index (κ2) is 8.21. The van der Waals surface area contributed by atoms with Crippen molar-refractivity contribution in [1.29, 1.82) is 0 Å². The fourth-order valence-corrected chi connectivity index (χ4v) is 4.57. The summed E-state index contributed by atoms with van der Waals surface area (Å²) in [6.07, 6.45) is 4.60. The Morgan fingerprint density at radius 2 is 2.08 bits per heavy atom. The first-order valence-electron chi connectivity index (χ1n) is 8.99. The van der Waals surface area contributed by atoms with Crippen LogP contribution in [0.4, 0.5) is 4.79 Å². The van der Waals surface area contributed by atoms with E-state index in [1.54, 1.807) is 19.1 Å². The molecule has 2 amide bonds. The first kappa shape index (κ1) is 19.8. The molecule has 1 aromatic carbocycles. The predicted octanol–water partition coefficient (Wildman–Crippen LogP) is 3.37. The lowest BCUT2D eigenvalue weighted by Crippen LogP contribution is -2.45. The molecule has 1 aliphatic rings. The Morgan fingerprint density at radius 1 is 1.36 bits per heavy atom. The summed E-state index contributed by atoms with van der Waals surface area (Å²) in [4.78, 5) is 14.7. The van der Waals surface area contributed by atoms with Gasteiger partial charge in [-0.05, 0) is 55.2 Å². The highest BCUT2D eigenvalue weighted by Crippen LogP contribution is 2.23. The Morgan fingerprint density at radius 3 is 2.72 bits per heavy atom. The number of hydrogen-bond donors (Lipinski definition) is 1. The number of nitrogens with one attached hydrogen (secondary N) is 1. The van der Waals surface area contributed by atoms with E-state index in [4.69, 9.17) is 0 Å². The fourth-order valence-electron chi connectivity index (χ4n) is 3.55. The number of carbonyl (C=O) groups excluding carboxylic acids is 1. The maximum atomic E-state index is 12.4. The molecule has 1 heterocycles. The van der Waals surface area contributed by atoms with Crippen LogP contribution in [-0.4, -0.2) is 38.7 Å². The summed E-state index contributed by atoms with van der Waals surface area (Å²) >= 11 is 0. The molecule has 0 aromatic heterocycles. The summed E-state index contributed by atoms with van der Waals surface area (Å²) in [5.74, 6) is 1.23. The maximum absolute atomic E-state index is 12.4. The van der Waals surface area contributed by atoms with E-state index in [2.05, 4.69) is 19.2 Å². The van der Waals surface area contributed by atoms with Crippen molar-refractivity contribution in [2.24, 2.45) is 11.8 Å². The number of amides is 2. The smallest absolute Gasteiger partial charge is 0.317 e. The van der Waals surface area contributed by atoms with Gasteiger partial charge in [0.05, 0.1) is 4.90 Å². The average molecular weight is 367 g/mol. The predicted molar refractivity (Wildman–Crippen MR) is 100 cm³/mol. The Balaban J connectivity index is 1.96. The Bertz CT molecular complexity index is 713. The lowest BCUT2D eigenvalue weighted by Gasteiger charge is -2.33. The van der Waals surface area contributed by atoms with Crippen LogP contribution >= 0.6 is 0 Å². The zero-order valence-corrected chi connectivity index (χ0v) is 16.5. The highest BCUT2D eigenvalue weighted by Gasteiger charge is 2.24. The van der Waals surface area contributed by atoms with Gasteiger partial charge >= 0.3 is 6.03 Å². The van der Waals surface area contributed by atoms with Gasteiger partial charge < -0.3 is 10.2 Å². The van der Waals surface area contributed by atoms with Crippen LogP contribution in [-0.2, 0) is 16.4 Å². The van der Waals surface area contributed by atoms with Crippen molar-refractivity contribution in [2.75, 3.05) is 19.3 Å². The quantitative estimate of drug-likeness (QED) is 0.869. The number of carbonyl (C=O) groups is 1. The van der Waals surface area contributed by atoms with Crippen LogP contribution in [0, 0.1) is 18.8 Å². The second-order valence-electron chi connectivity index (χ2n) is 7.61. The van der Waals surface area contributed by atoms with Gasteiger partial charge in [0.25, 0.3) is 0 Å². The van der Waals surface area contributed by atoms with Gasteiger partial charge in [0, 0.05) is 25.9 Å². The molecule has 1 unspecified atom stereocenters. The molecular formula is C19H30N2O3S. The molecule has 140 valence electrons. The van der Waals surface area contributed by atoms with E-state index in [1.807, 2.05) is 11.0 Å². The van der Waals surface area contributed by atoms with E-state index >= 15 is 0 Å². The van der Waals surface area contributed by atoms with Crippen molar-refractivity contribution in [3.63, 3.8) is 0 Å². The van der Waals surface area contributed by atoms with Crippen LogP contribution in [0.3, 0.4) is 0 Å². The number of hydrogen-bond acceptors (Lipinski definition) is 3. The topological polar surface area (TPSA) is 66.5 Å². The molecule has 0 radical (unpaired) electrons. The third-order valence-electron chi connectivity index (χ3n) is 4.71. The van der Waals surface area contributed by atoms with Crippen LogP contribution in [0.1, 0.15) is 44.2 Å². The number of benzene rings is 1. The average Bonchev–Trinajstić information content (AvgIpc) is 2.52. The summed E-state index contributed by atoms with van der Waals surface area (Å²) in [5, 5.41) is 2.93. The van der Waals surface area contributed by atoms with Gasteiger partial charge in [0.1, 0.15) is 0 Å². The summed E-state index contributed by atoms with van der Waals surface area (Å²) in [7, 11) is -3.26. The summed E-state index contributed by atoms with van der Waals surface area (Å²) < 4.78 is 23.6. The number of piperidine rings is 1. The lowest BCUT2D eigenvalue weighted by molar-refractivity contribution is 0.157. The van der Waals surface area contributed by atoms with E-state index in [0.717, 1.165) is 37.1 Å². The second-order valence-corrected chi connectivity index (χ2v) is 9.60. The van der Waals surface area contributed by atoms with Gasteiger partial charge in [-0.25, -0.2) is 13.2 Å². The van der Waals surface area contributed by atoms with Crippen molar-refractivity contribution < 1.29 is 13.2 Å². The molecule has 0 bridgehead atoms. The molecule has 0 aliphatic carbocycles. The molecule has 1 fully saturated rings. The first-order chi connectivity index (χ1) is 11.7. The lowest BCUT2D eigenvalue weighted by atomic mass is 9.90. The Labute approximate surface area is 151 Å². The van der Waals surface area contributed by atoms with Gasteiger partial charge in [-0.3, -0.25) is 0 Å². The molecule has 1 N–H and O–H groups in total. The molecule has 5 nitrogen and oxygen atoms in total. The monoisotopic (exact) mass is 366 g/mol. The largest absolute Gasteiger partial charge is 0.334 e. The molecule has 1 aliphatic heterocycles. The van der Waals surface area contributed by atoms with E-state index in [1.165, 1.54) is 12.7 Å². The van der Waals surface area contributed by atoms with Crippen LogP contribution in [0.15, 0.2) is 23.1 Å². The van der Waals surface area contributed by atoms with Crippen molar-refractivity contribution >= 4 is 15.9 Å². The van der Waals surface area contributed by atoms with E-state index < -0.39 is 9.84 Å². The molecule has 1 aromatic rings. The highest BCUT2D eigenvalue weighted by atomic mass is 32.2. The zero-order valence-electron chi connectivity index (χ0n) is 15.7. The number of urea groups is 1. The molecule has 0 saturated carbocycles. The van der Waals surface area contributed by atoms with Crippen LogP contribution in [0.5, 0.6) is 0 Å². The first-order valence-corrected chi connectivity index (χ1v) is 10.9. The van der Waals surface area contributed by atoms with Gasteiger partial charge in [-0.15, -0.1) is 0 Å². The normalized spacial score (nSPS) is 18.4. The third kappa shape index (κ3) is 5.73. The Kier molecular flexibility index (Phi) is 6.49. The third-order valence-corrected chi connectivity index (χ3v) is 5.95. The maximum Gasteiger partial charge on any atom is 0.317 e. The molecule has 6 heteroatoms. The van der Waals surface area contributed by atoms with Crippen LogP contribution in [0.25, 0.3) is 0 Å². The minimum absolute atomic E-state index is 0.0602. The van der Waals surface area contributed by atoms with Crippen molar-refractivity contribution in [3.05, 3.63) is 29.3 Å². The minimum atomic E-state index is -3.26. The highest BCUT2D eigenvalue weighted by molar-refractivity contribution is 7.90. The fraction of sp³-hybridized carbons (Fsp3) is 0.632. The molecule has 25 heavy (non-hydrogen) atoms. The van der Waals surface area contributed by atoms with Gasteiger partial charge in [0.15, 0.2) is 9.84 Å². The molecule has 1 saturated heterocycles. The molecule has 0 spiro atoms. The number of nitrogens with zero attached hydrogens (tertiary/aromatic N) is 1. The zero-order chi connectivity index (χ0) is 18.6. The number of aryl methyl sites for hydroxylation is 1. The molecule has 2 rings (SSSR count). The van der Waals surface area contributed by atoms with E-state index in [-0.39, 0.29) is 6.03 Å². The van der Waals surface area contributed by atoms with Gasteiger partial charge in [0.2, 0.25) is 0 Å².